The monoisotopic (exact) mass is 269 g/mol. The lowest BCUT2D eigenvalue weighted by Crippen LogP contribution is -2.35. The van der Waals surface area contributed by atoms with E-state index in [0.717, 1.165) is 50.8 Å². The van der Waals surface area contributed by atoms with Crippen molar-refractivity contribution < 1.29 is 13.6 Å². The number of benzene rings is 1. The normalized spacial score (nSPS) is 16.9. The summed E-state index contributed by atoms with van der Waals surface area (Å²) in [6.45, 7) is 3.57. The van der Waals surface area contributed by atoms with Gasteiger partial charge in [-0.05, 0) is 31.6 Å². The van der Waals surface area contributed by atoms with Gasteiger partial charge in [-0.1, -0.05) is 0 Å². The fraction of sp³-hybridized carbons (Fsp3) is 0.462. The van der Waals surface area contributed by atoms with E-state index in [0.29, 0.717) is 0 Å². The minimum Gasteiger partial charge on any atom is -0.322 e. The van der Waals surface area contributed by atoms with Crippen LogP contribution in [0.5, 0.6) is 0 Å². The summed E-state index contributed by atoms with van der Waals surface area (Å²) in [6.07, 6.45) is 0.974. The Morgan fingerprint density at radius 1 is 1.32 bits per heavy atom. The van der Waals surface area contributed by atoms with Crippen LogP contribution in [0.1, 0.15) is 6.42 Å². The first-order chi connectivity index (χ1) is 9.15. The summed E-state index contributed by atoms with van der Waals surface area (Å²) >= 11 is 0. The molecule has 0 radical (unpaired) electrons. The van der Waals surface area contributed by atoms with Gasteiger partial charge in [0.25, 0.3) is 0 Å². The first-order valence-electron chi connectivity index (χ1n) is 6.33. The Balaban J connectivity index is 1.91. The van der Waals surface area contributed by atoms with Crippen molar-refractivity contribution in [1.29, 1.82) is 0 Å². The van der Waals surface area contributed by atoms with Crippen LogP contribution in [0.3, 0.4) is 0 Å². The van der Waals surface area contributed by atoms with Crippen LogP contribution in [0.15, 0.2) is 18.2 Å². The number of hydrogen-bond acceptors (Lipinski definition) is 3. The minimum atomic E-state index is -0.632. The van der Waals surface area contributed by atoms with Crippen LogP contribution in [-0.2, 0) is 4.79 Å². The Labute approximate surface area is 110 Å². The highest BCUT2D eigenvalue weighted by Gasteiger charge is 2.14. The Bertz CT molecular complexity index is 446. The average Bonchev–Trinajstić information content (AvgIpc) is 2.62. The second-order valence-corrected chi connectivity index (χ2v) is 4.55. The fourth-order valence-electron chi connectivity index (χ4n) is 2.05. The number of rotatable bonds is 3. The smallest absolute Gasteiger partial charge is 0.238 e. The molecule has 1 amide bonds. The third-order valence-corrected chi connectivity index (χ3v) is 3.00. The molecule has 0 aromatic heterocycles. The number of carbonyl (C=O) groups is 1. The molecule has 0 aliphatic carbocycles. The maximum atomic E-state index is 13.4. The maximum Gasteiger partial charge on any atom is 0.238 e. The molecule has 2 N–H and O–H groups in total. The lowest BCUT2D eigenvalue weighted by Gasteiger charge is -2.18. The number of anilines is 1. The number of hydrogen-bond donors (Lipinski definition) is 2. The summed E-state index contributed by atoms with van der Waals surface area (Å²) < 4.78 is 26.3. The van der Waals surface area contributed by atoms with E-state index in [1.165, 1.54) is 0 Å². The van der Waals surface area contributed by atoms with E-state index in [4.69, 9.17) is 0 Å². The first kappa shape index (κ1) is 13.9. The average molecular weight is 269 g/mol. The van der Waals surface area contributed by atoms with Gasteiger partial charge in [0.15, 0.2) is 0 Å². The second kappa shape index (κ2) is 6.58. The summed E-state index contributed by atoms with van der Waals surface area (Å²) in [7, 11) is 0. The van der Waals surface area contributed by atoms with Gasteiger partial charge in [0.1, 0.15) is 11.6 Å². The lowest BCUT2D eigenvalue weighted by molar-refractivity contribution is -0.117. The van der Waals surface area contributed by atoms with Gasteiger partial charge >= 0.3 is 0 Å². The van der Waals surface area contributed by atoms with E-state index in [1.54, 1.807) is 0 Å². The molecule has 0 spiro atoms. The fourth-order valence-corrected chi connectivity index (χ4v) is 2.05. The van der Waals surface area contributed by atoms with Crippen molar-refractivity contribution in [3.8, 4) is 0 Å². The molecule has 1 saturated heterocycles. The summed E-state index contributed by atoms with van der Waals surface area (Å²) in [5.41, 5.74) is -0.113. The third-order valence-electron chi connectivity index (χ3n) is 3.00. The number of carbonyl (C=O) groups excluding carboxylic acids is 1. The van der Waals surface area contributed by atoms with E-state index in [2.05, 4.69) is 10.6 Å². The van der Waals surface area contributed by atoms with E-state index in [9.17, 15) is 13.6 Å². The van der Waals surface area contributed by atoms with Crippen molar-refractivity contribution in [2.45, 2.75) is 6.42 Å². The summed E-state index contributed by atoms with van der Waals surface area (Å²) in [5.74, 6) is -1.53. The van der Waals surface area contributed by atoms with Crippen LogP contribution < -0.4 is 10.6 Å². The molecule has 104 valence electrons. The van der Waals surface area contributed by atoms with Crippen molar-refractivity contribution in [2.75, 3.05) is 38.0 Å². The highest BCUT2D eigenvalue weighted by Crippen LogP contribution is 2.15. The highest BCUT2D eigenvalue weighted by molar-refractivity contribution is 5.92. The van der Waals surface area contributed by atoms with E-state index >= 15 is 0 Å². The molecule has 1 fully saturated rings. The zero-order chi connectivity index (χ0) is 13.7. The molecule has 0 unspecified atom stereocenters. The molecule has 0 bridgehead atoms. The Morgan fingerprint density at radius 2 is 2.16 bits per heavy atom. The van der Waals surface area contributed by atoms with Gasteiger partial charge in [0, 0.05) is 19.2 Å². The molecule has 0 saturated carbocycles. The molecule has 1 aromatic rings. The quantitative estimate of drug-likeness (QED) is 0.866. The van der Waals surface area contributed by atoms with Crippen molar-refractivity contribution in [1.82, 2.24) is 10.2 Å². The number of halogens is 2. The van der Waals surface area contributed by atoms with Crippen LogP contribution in [0.4, 0.5) is 14.5 Å². The minimum absolute atomic E-state index is 0.113. The largest absolute Gasteiger partial charge is 0.322 e. The predicted octanol–water partition coefficient (Wildman–Crippen LogP) is 1.20. The topological polar surface area (TPSA) is 44.4 Å². The standard InChI is InChI=1S/C13H17F2N3O/c14-10-2-3-11(15)12(8-10)17-13(19)9-18-6-1-4-16-5-7-18/h2-3,8,16H,1,4-7,9H2,(H,17,19). The van der Waals surface area contributed by atoms with Crippen molar-refractivity contribution in [2.24, 2.45) is 0 Å². The van der Waals surface area contributed by atoms with Gasteiger partial charge < -0.3 is 10.6 Å². The van der Waals surface area contributed by atoms with Gasteiger partial charge in [-0.3, -0.25) is 9.69 Å². The molecule has 1 heterocycles. The molecule has 1 aromatic carbocycles. The number of nitrogens with one attached hydrogen (secondary N) is 2. The van der Waals surface area contributed by atoms with Crippen LogP contribution in [0, 0.1) is 11.6 Å². The van der Waals surface area contributed by atoms with Crippen molar-refractivity contribution >= 4 is 11.6 Å². The SMILES string of the molecule is O=C(CN1CCCNCC1)Nc1cc(F)ccc1F. The molecule has 1 aliphatic rings. The number of nitrogens with zero attached hydrogens (tertiary/aromatic N) is 1. The van der Waals surface area contributed by atoms with Gasteiger partial charge in [0.2, 0.25) is 5.91 Å². The summed E-state index contributed by atoms with van der Waals surface area (Å²) in [6, 6.07) is 3.00. The van der Waals surface area contributed by atoms with Crippen LogP contribution >= 0.6 is 0 Å². The van der Waals surface area contributed by atoms with Crippen LogP contribution in [0.25, 0.3) is 0 Å². The highest BCUT2D eigenvalue weighted by atomic mass is 19.1. The summed E-state index contributed by atoms with van der Waals surface area (Å²) in [5, 5.41) is 5.64. The van der Waals surface area contributed by atoms with Crippen LogP contribution in [-0.4, -0.2) is 43.5 Å². The van der Waals surface area contributed by atoms with Gasteiger partial charge in [0.05, 0.1) is 12.2 Å². The van der Waals surface area contributed by atoms with Gasteiger partial charge in [-0.15, -0.1) is 0 Å². The lowest BCUT2D eigenvalue weighted by atomic mass is 10.3. The summed E-state index contributed by atoms with van der Waals surface area (Å²) in [4.78, 5) is 13.8. The van der Waals surface area contributed by atoms with Crippen LogP contribution in [0.2, 0.25) is 0 Å². The zero-order valence-electron chi connectivity index (χ0n) is 10.6. The van der Waals surface area contributed by atoms with E-state index in [1.807, 2.05) is 4.90 Å². The van der Waals surface area contributed by atoms with E-state index in [-0.39, 0.29) is 18.1 Å². The van der Waals surface area contributed by atoms with Crippen molar-refractivity contribution in [3.05, 3.63) is 29.8 Å². The number of amides is 1. The third kappa shape index (κ3) is 4.25. The van der Waals surface area contributed by atoms with E-state index < -0.39 is 11.6 Å². The van der Waals surface area contributed by atoms with Gasteiger partial charge in [-0.2, -0.15) is 0 Å². The molecule has 1 aliphatic heterocycles. The predicted molar refractivity (Wildman–Crippen MR) is 68.9 cm³/mol. The molecule has 19 heavy (non-hydrogen) atoms. The maximum absolute atomic E-state index is 13.4. The molecular formula is C13H17F2N3O. The molecule has 6 heteroatoms. The Hall–Kier alpha value is -1.53. The second-order valence-electron chi connectivity index (χ2n) is 4.55. The molecule has 2 rings (SSSR count). The molecule has 0 atom stereocenters. The molecule has 4 nitrogen and oxygen atoms in total. The van der Waals surface area contributed by atoms with Gasteiger partial charge in [-0.25, -0.2) is 8.78 Å². The molecular weight excluding hydrogens is 252 g/mol. The van der Waals surface area contributed by atoms with Crippen molar-refractivity contribution in [3.63, 3.8) is 0 Å². The Morgan fingerprint density at radius 3 is 3.00 bits per heavy atom. The Kier molecular flexibility index (Phi) is 4.81. The first-order valence-corrected chi connectivity index (χ1v) is 6.33. The zero-order valence-corrected chi connectivity index (χ0v) is 10.6.